The van der Waals surface area contributed by atoms with Crippen LogP contribution in [0.2, 0.25) is 5.02 Å². The highest BCUT2D eigenvalue weighted by Crippen LogP contribution is 2.26. The van der Waals surface area contributed by atoms with Crippen molar-refractivity contribution in [3.63, 3.8) is 0 Å². The van der Waals surface area contributed by atoms with Crippen LogP contribution in [0.1, 0.15) is 51.9 Å². The molecule has 4 heterocycles. The molecule has 1 unspecified atom stereocenters. The Balaban J connectivity index is 1.28. The molecule has 0 radical (unpaired) electrons. The number of nitrogens with zero attached hydrogens (tertiary/aromatic N) is 4. The molecule has 4 aromatic rings. The van der Waals surface area contributed by atoms with Crippen LogP contribution in [0.3, 0.4) is 0 Å². The molecule has 240 valence electrons. The molecule has 0 saturated carbocycles. The summed E-state index contributed by atoms with van der Waals surface area (Å²) in [5.41, 5.74) is 1.09. The molecule has 11 nitrogen and oxygen atoms in total. The average Bonchev–Trinajstić information content (AvgIpc) is 3.48. The van der Waals surface area contributed by atoms with Gasteiger partial charge in [0, 0.05) is 61.3 Å². The van der Waals surface area contributed by atoms with E-state index < -0.39 is 12.0 Å². The van der Waals surface area contributed by atoms with Gasteiger partial charge in [0.15, 0.2) is 6.29 Å². The van der Waals surface area contributed by atoms with Crippen molar-refractivity contribution in [1.29, 1.82) is 0 Å². The average molecular weight is 656 g/mol. The van der Waals surface area contributed by atoms with Gasteiger partial charge in [-0.25, -0.2) is 0 Å². The molecule has 13 heteroatoms. The summed E-state index contributed by atoms with van der Waals surface area (Å²) in [7, 11) is 1.89. The van der Waals surface area contributed by atoms with Gasteiger partial charge in [0.05, 0.1) is 37.1 Å². The van der Waals surface area contributed by atoms with Gasteiger partial charge in [-0.2, -0.15) is 0 Å². The molecular weight excluding hydrogens is 618 g/mol. The van der Waals surface area contributed by atoms with E-state index in [2.05, 4.69) is 15.3 Å². The number of likely N-dealkylation sites (N-methyl/N-ethyl adjacent to an activating group) is 1. The lowest BCUT2D eigenvalue weighted by Gasteiger charge is -2.22. The van der Waals surface area contributed by atoms with Gasteiger partial charge in [0.2, 0.25) is 5.43 Å². The normalized spacial score (nSPS) is 15.9. The predicted octanol–water partition coefficient (Wildman–Crippen LogP) is 4.16. The Hall–Kier alpha value is -3.23. The molecular formula is C32H38ClN5O6S. The molecule has 45 heavy (non-hydrogen) atoms. The maximum absolute atomic E-state index is 13.6. The van der Waals surface area contributed by atoms with Crippen molar-refractivity contribution in [2.75, 3.05) is 40.0 Å². The molecule has 1 aliphatic heterocycles. The van der Waals surface area contributed by atoms with Crippen LogP contribution >= 0.6 is 22.9 Å². The third kappa shape index (κ3) is 9.39. The van der Waals surface area contributed by atoms with Crippen molar-refractivity contribution < 1.29 is 24.1 Å². The number of aromatic nitrogens is 3. The van der Waals surface area contributed by atoms with E-state index in [9.17, 15) is 14.7 Å². The van der Waals surface area contributed by atoms with Crippen LogP contribution in [0.15, 0.2) is 59.9 Å². The molecule has 0 aliphatic carbocycles. The summed E-state index contributed by atoms with van der Waals surface area (Å²) < 4.78 is 19.1. The van der Waals surface area contributed by atoms with Crippen molar-refractivity contribution in [2.45, 2.75) is 51.3 Å². The van der Waals surface area contributed by atoms with Crippen LogP contribution < -0.4 is 10.7 Å². The van der Waals surface area contributed by atoms with Crippen LogP contribution in [-0.4, -0.2) is 76.8 Å². The minimum Gasteiger partial charge on any atom is -0.385 e. The monoisotopic (exact) mass is 655 g/mol. The second-order valence-electron chi connectivity index (χ2n) is 10.9. The largest absolute Gasteiger partial charge is 0.385 e. The first-order valence-electron chi connectivity index (χ1n) is 15.0. The minimum absolute atomic E-state index is 0.0602. The van der Waals surface area contributed by atoms with Gasteiger partial charge >= 0.3 is 0 Å². The van der Waals surface area contributed by atoms with Crippen LogP contribution in [-0.2, 0) is 33.8 Å². The van der Waals surface area contributed by atoms with E-state index in [1.165, 1.54) is 11.3 Å². The summed E-state index contributed by atoms with van der Waals surface area (Å²) in [6.07, 6.45) is 8.35. The highest BCUT2D eigenvalue weighted by molar-refractivity contribution is 7.18. The van der Waals surface area contributed by atoms with Crippen LogP contribution in [0.25, 0.3) is 10.2 Å². The van der Waals surface area contributed by atoms with Gasteiger partial charge < -0.3 is 29.2 Å². The highest BCUT2D eigenvalue weighted by atomic mass is 35.5. The summed E-state index contributed by atoms with van der Waals surface area (Å²) in [5.74, 6) is -0.454. The number of hydrogen-bond donors (Lipinski definition) is 2. The number of ether oxygens (including phenoxy) is 3. The lowest BCUT2D eigenvalue weighted by Crippen LogP contribution is -2.29. The molecule has 3 aromatic heterocycles. The van der Waals surface area contributed by atoms with Crippen molar-refractivity contribution in [3.8, 4) is 0 Å². The topological polar surface area (TPSA) is 128 Å². The van der Waals surface area contributed by atoms with Gasteiger partial charge in [0.25, 0.3) is 5.91 Å². The van der Waals surface area contributed by atoms with Crippen molar-refractivity contribution >= 4 is 39.1 Å². The first-order chi connectivity index (χ1) is 21.9. The molecule has 1 amide bonds. The third-order valence-corrected chi connectivity index (χ3v) is 8.80. The smallest absolute Gasteiger partial charge is 0.257 e. The van der Waals surface area contributed by atoms with E-state index in [4.69, 9.17) is 25.8 Å². The number of amides is 1. The van der Waals surface area contributed by atoms with E-state index >= 15 is 0 Å². The van der Waals surface area contributed by atoms with Crippen LogP contribution in [0.4, 0.5) is 0 Å². The zero-order chi connectivity index (χ0) is 31.6. The summed E-state index contributed by atoms with van der Waals surface area (Å²) in [6, 6.07) is 9.00. The number of thiophene rings is 1. The zero-order valence-corrected chi connectivity index (χ0v) is 26.8. The summed E-state index contributed by atoms with van der Waals surface area (Å²) in [6.45, 7) is 3.46. The number of pyridine rings is 1. The number of carbonyl (C=O) groups excluding carboxylic acids is 1. The summed E-state index contributed by atoms with van der Waals surface area (Å²) in [5, 5.41) is 14.5. The third-order valence-electron chi connectivity index (χ3n) is 7.39. The Morgan fingerprint density at radius 1 is 1.24 bits per heavy atom. The summed E-state index contributed by atoms with van der Waals surface area (Å²) >= 11 is 7.46. The highest BCUT2D eigenvalue weighted by Gasteiger charge is 2.20. The number of aliphatic hydroxyl groups excluding tert-OH is 1. The van der Waals surface area contributed by atoms with E-state index in [1.807, 2.05) is 34.7 Å². The lowest BCUT2D eigenvalue weighted by atomic mass is 10.1. The van der Waals surface area contributed by atoms with E-state index in [0.717, 1.165) is 41.1 Å². The van der Waals surface area contributed by atoms with Crippen LogP contribution in [0.5, 0.6) is 0 Å². The fraction of sp³-hybridized carbons (Fsp3) is 0.438. The second-order valence-corrected chi connectivity index (χ2v) is 12.5. The maximum Gasteiger partial charge on any atom is 0.257 e. The van der Waals surface area contributed by atoms with Gasteiger partial charge in [-0.15, -0.1) is 11.3 Å². The molecule has 1 aliphatic rings. The van der Waals surface area contributed by atoms with E-state index in [1.54, 1.807) is 36.9 Å². The fourth-order valence-electron chi connectivity index (χ4n) is 5.06. The Morgan fingerprint density at radius 3 is 2.84 bits per heavy atom. The van der Waals surface area contributed by atoms with Crippen molar-refractivity contribution in [1.82, 2.24) is 24.8 Å². The Kier molecular flexibility index (Phi) is 12.1. The molecule has 2 N–H and O–H groups in total. The Morgan fingerprint density at radius 2 is 2.09 bits per heavy atom. The second kappa shape index (κ2) is 16.4. The minimum atomic E-state index is -0.806. The van der Waals surface area contributed by atoms with Crippen molar-refractivity contribution in [3.05, 3.63) is 92.1 Å². The molecule has 0 spiro atoms. The number of carbonyl (C=O) groups is 1. The van der Waals surface area contributed by atoms with Gasteiger partial charge in [-0.05, 0) is 50.1 Å². The number of aliphatic hydroxyl groups is 1. The summed E-state index contributed by atoms with van der Waals surface area (Å²) in [4.78, 5) is 38.7. The van der Waals surface area contributed by atoms with E-state index in [-0.39, 0.29) is 23.8 Å². The standard InChI is InChI=1S/C32H38ClN5O6S/c1-37(21-28(39)27-18-34-9-10-35-27)19-24-16-25-30(40)26(31(41)36-17-22-5-7-23(33)8-6-22)20-38(32(25)45-24)11-13-42-14-15-44-29-4-2-3-12-43-29/h5-10,16,18,20,28-29,39H,2-4,11-15,17,19,21H2,1H3,(H,36,41)/t28-,29?/m1/s1. The number of rotatable bonds is 15. The maximum atomic E-state index is 13.6. The van der Waals surface area contributed by atoms with Gasteiger partial charge in [-0.1, -0.05) is 23.7 Å². The number of fused-ring (bicyclic) bond motifs is 1. The Labute approximate surface area is 270 Å². The van der Waals surface area contributed by atoms with Gasteiger partial charge in [-0.3, -0.25) is 24.5 Å². The van der Waals surface area contributed by atoms with E-state index in [0.29, 0.717) is 55.6 Å². The van der Waals surface area contributed by atoms with Gasteiger partial charge in [0.1, 0.15) is 16.5 Å². The number of hydrogen-bond acceptors (Lipinski definition) is 10. The Bertz CT molecular complexity index is 1590. The van der Waals surface area contributed by atoms with Crippen molar-refractivity contribution in [2.24, 2.45) is 0 Å². The molecule has 1 fully saturated rings. The lowest BCUT2D eigenvalue weighted by molar-refractivity contribution is -0.169. The molecule has 2 atom stereocenters. The first-order valence-corrected chi connectivity index (χ1v) is 16.2. The number of halogens is 1. The van der Waals surface area contributed by atoms with Crippen LogP contribution in [0, 0.1) is 0 Å². The number of nitrogens with one attached hydrogen (secondary N) is 1. The number of benzene rings is 1. The molecule has 5 rings (SSSR count). The fourth-order valence-corrected chi connectivity index (χ4v) is 6.42. The molecule has 1 saturated heterocycles. The molecule has 1 aromatic carbocycles. The SMILES string of the molecule is CN(Cc1cc2c(=O)c(C(=O)NCc3ccc(Cl)cc3)cn(CCOCCOC3CCCCO3)c2s1)C[C@@H](O)c1cnccn1. The quantitative estimate of drug-likeness (QED) is 0.182. The molecule has 0 bridgehead atoms. The first kappa shape index (κ1) is 33.1. The predicted molar refractivity (Wildman–Crippen MR) is 172 cm³/mol. The zero-order valence-electron chi connectivity index (χ0n) is 25.2.